The van der Waals surface area contributed by atoms with Gasteiger partial charge in [0, 0.05) is 24.8 Å². The third-order valence-electron chi connectivity index (χ3n) is 4.03. The molecule has 2 aromatic carbocycles. The van der Waals surface area contributed by atoms with E-state index in [4.69, 9.17) is 4.74 Å². The second-order valence-electron chi connectivity index (χ2n) is 6.09. The van der Waals surface area contributed by atoms with Gasteiger partial charge >= 0.3 is 0 Å². The van der Waals surface area contributed by atoms with Crippen LogP contribution in [0.1, 0.15) is 18.1 Å². The van der Waals surface area contributed by atoms with Crippen LogP contribution < -0.4 is 20.7 Å². The maximum Gasteiger partial charge on any atom is 0.243 e. The lowest BCUT2D eigenvalue weighted by Gasteiger charge is -2.14. The Morgan fingerprint density at radius 1 is 1.18 bits per heavy atom. The summed E-state index contributed by atoms with van der Waals surface area (Å²) in [6.45, 7) is 6.83. The van der Waals surface area contributed by atoms with Crippen molar-refractivity contribution in [1.29, 1.82) is 0 Å². The number of aliphatic imine (C=N–C) groups is 1. The van der Waals surface area contributed by atoms with Crippen LogP contribution in [0.25, 0.3) is 0 Å². The van der Waals surface area contributed by atoms with E-state index in [2.05, 4.69) is 34.4 Å². The number of carbonyl (C=O) groups is 1. The van der Waals surface area contributed by atoms with Gasteiger partial charge in [0.25, 0.3) is 0 Å². The van der Waals surface area contributed by atoms with Crippen LogP contribution in [0, 0.1) is 0 Å². The van der Waals surface area contributed by atoms with E-state index < -0.39 is 0 Å². The molecule has 2 aromatic rings. The molecule has 0 atom stereocenters. The number of hydrogen-bond donors (Lipinski definition) is 3. The molecule has 6 heteroatoms. The Kier molecular flexibility index (Phi) is 8.59. The summed E-state index contributed by atoms with van der Waals surface area (Å²) >= 11 is 0. The molecule has 0 radical (unpaired) electrons. The predicted molar refractivity (Wildman–Crippen MR) is 115 cm³/mol. The van der Waals surface area contributed by atoms with E-state index >= 15 is 0 Å². The first-order valence-electron chi connectivity index (χ1n) is 9.31. The number of nitrogens with one attached hydrogen (secondary N) is 3. The zero-order chi connectivity index (χ0) is 20.2. The molecule has 0 fully saturated rings. The Balaban J connectivity index is 1.84. The van der Waals surface area contributed by atoms with Gasteiger partial charge in [-0.1, -0.05) is 49.9 Å². The van der Waals surface area contributed by atoms with Gasteiger partial charge in [0.2, 0.25) is 5.91 Å². The molecule has 0 aromatic heterocycles. The number of para-hydroxylation sites is 1. The number of guanidine groups is 1. The first-order valence-corrected chi connectivity index (χ1v) is 9.31. The first-order chi connectivity index (χ1) is 13.7. The Bertz CT molecular complexity index is 818. The van der Waals surface area contributed by atoms with Gasteiger partial charge in [0.1, 0.15) is 12.4 Å². The summed E-state index contributed by atoms with van der Waals surface area (Å²) in [6, 6.07) is 15.6. The quantitative estimate of drug-likeness (QED) is 0.355. The molecule has 6 nitrogen and oxygen atoms in total. The number of hydrogen-bond acceptors (Lipinski definition) is 3. The number of carbonyl (C=O) groups excluding carboxylic acids is 1. The largest absolute Gasteiger partial charge is 0.489 e. The number of amides is 1. The van der Waals surface area contributed by atoms with Gasteiger partial charge in [-0.15, -0.1) is 0 Å². The lowest BCUT2D eigenvalue weighted by molar-refractivity contribution is -0.115. The third kappa shape index (κ3) is 6.79. The van der Waals surface area contributed by atoms with Crippen molar-refractivity contribution < 1.29 is 9.53 Å². The van der Waals surface area contributed by atoms with Crippen molar-refractivity contribution in [3.8, 4) is 5.75 Å². The molecule has 148 valence electrons. The maximum atomic E-state index is 12.2. The standard InChI is InChI=1S/C22H28N4O2/c1-4-13-28-20-12-7-6-10-18(20)15-24-22(23-3)25-16-21(27)26-19-11-8-9-17(5-2)14-19/h4,6-12,14H,1,5,13,15-16H2,2-3H3,(H,26,27)(H2,23,24,25). The van der Waals surface area contributed by atoms with E-state index in [1.54, 1.807) is 13.1 Å². The van der Waals surface area contributed by atoms with Crippen molar-refractivity contribution in [1.82, 2.24) is 10.6 Å². The summed E-state index contributed by atoms with van der Waals surface area (Å²) in [5.74, 6) is 1.20. The minimum absolute atomic E-state index is 0.116. The minimum atomic E-state index is -0.133. The van der Waals surface area contributed by atoms with Gasteiger partial charge in [-0.3, -0.25) is 9.79 Å². The molecular formula is C22H28N4O2. The Labute approximate surface area is 166 Å². The van der Waals surface area contributed by atoms with Crippen LogP contribution in [0.2, 0.25) is 0 Å². The van der Waals surface area contributed by atoms with E-state index in [9.17, 15) is 4.79 Å². The molecule has 0 heterocycles. The Morgan fingerprint density at radius 2 is 2.00 bits per heavy atom. The van der Waals surface area contributed by atoms with Crippen molar-refractivity contribution in [3.05, 3.63) is 72.3 Å². The van der Waals surface area contributed by atoms with Gasteiger partial charge in [-0.25, -0.2) is 0 Å². The Hall–Kier alpha value is -3.28. The highest BCUT2D eigenvalue weighted by molar-refractivity contribution is 5.95. The third-order valence-corrected chi connectivity index (χ3v) is 4.03. The van der Waals surface area contributed by atoms with Crippen LogP contribution in [0.15, 0.2) is 66.2 Å². The molecule has 0 unspecified atom stereocenters. The summed E-state index contributed by atoms with van der Waals surface area (Å²) in [6.07, 6.45) is 2.63. The number of aryl methyl sites for hydroxylation is 1. The molecule has 0 saturated heterocycles. The minimum Gasteiger partial charge on any atom is -0.489 e. The molecule has 0 saturated carbocycles. The molecule has 0 spiro atoms. The number of benzene rings is 2. The lowest BCUT2D eigenvalue weighted by atomic mass is 10.1. The number of ether oxygens (including phenoxy) is 1. The molecule has 0 aliphatic rings. The summed E-state index contributed by atoms with van der Waals surface area (Å²) in [5, 5.41) is 9.10. The van der Waals surface area contributed by atoms with Crippen LogP contribution in [-0.2, 0) is 17.8 Å². The molecule has 0 aliphatic heterocycles. The highest BCUT2D eigenvalue weighted by Gasteiger charge is 2.07. The van der Waals surface area contributed by atoms with Crippen molar-refractivity contribution in [2.45, 2.75) is 19.9 Å². The number of anilines is 1. The van der Waals surface area contributed by atoms with Crippen molar-refractivity contribution in [3.63, 3.8) is 0 Å². The average Bonchev–Trinajstić information content (AvgIpc) is 2.73. The number of nitrogens with zero attached hydrogens (tertiary/aromatic N) is 1. The summed E-state index contributed by atoms with van der Waals surface area (Å²) < 4.78 is 5.65. The van der Waals surface area contributed by atoms with Gasteiger partial charge < -0.3 is 20.7 Å². The van der Waals surface area contributed by atoms with Gasteiger partial charge in [-0.2, -0.15) is 0 Å². The fraction of sp³-hybridized carbons (Fsp3) is 0.273. The second kappa shape index (κ2) is 11.4. The zero-order valence-electron chi connectivity index (χ0n) is 16.5. The van der Waals surface area contributed by atoms with E-state index in [1.165, 1.54) is 5.56 Å². The van der Waals surface area contributed by atoms with Crippen molar-refractivity contribution in [2.24, 2.45) is 4.99 Å². The Morgan fingerprint density at radius 3 is 2.75 bits per heavy atom. The summed E-state index contributed by atoms with van der Waals surface area (Å²) in [4.78, 5) is 16.4. The van der Waals surface area contributed by atoms with Crippen LogP contribution in [-0.4, -0.2) is 32.1 Å². The molecule has 1 amide bonds. The monoisotopic (exact) mass is 380 g/mol. The van der Waals surface area contributed by atoms with Gasteiger partial charge in [0.15, 0.2) is 5.96 Å². The van der Waals surface area contributed by atoms with Crippen LogP contribution >= 0.6 is 0 Å². The molecule has 0 bridgehead atoms. The highest BCUT2D eigenvalue weighted by atomic mass is 16.5. The van der Waals surface area contributed by atoms with Crippen LogP contribution in [0.5, 0.6) is 5.75 Å². The lowest BCUT2D eigenvalue weighted by Crippen LogP contribution is -2.41. The normalized spacial score (nSPS) is 10.9. The van der Waals surface area contributed by atoms with Crippen molar-refractivity contribution >= 4 is 17.6 Å². The van der Waals surface area contributed by atoms with Crippen LogP contribution in [0.4, 0.5) is 5.69 Å². The highest BCUT2D eigenvalue weighted by Crippen LogP contribution is 2.17. The summed E-state index contributed by atoms with van der Waals surface area (Å²) in [7, 11) is 1.66. The van der Waals surface area contributed by atoms with Crippen molar-refractivity contribution in [2.75, 3.05) is 25.5 Å². The number of rotatable bonds is 9. The smallest absolute Gasteiger partial charge is 0.243 e. The van der Waals surface area contributed by atoms with E-state index in [0.29, 0.717) is 19.1 Å². The van der Waals surface area contributed by atoms with E-state index in [0.717, 1.165) is 23.4 Å². The first kappa shape index (κ1) is 21.0. The predicted octanol–water partition coefficient (Wildman–Crippen LogP) is 3.12. The van der Waals surface area contributed by atoms with E-state index in [1.807, 2.05) is 48.5 Å². The summed E-state index contributed by atoms with van der Waals surface area (Å²) in [5.41, 5.74) is 2.97. The maximum absolute atomic E-state index is 12.2. The fourth-order valence-electron chi connectivity index (χ4n) is 2.58. The van der Waals surface area contributed by atoms with Gasteiger partial charge in [0.05, 0.1) is 6.54 Å². The average molecular weight is 380 g/mol. The molecule has 28 heavy (non-hydrogen) atoms. The molecule has 0 aliphatic carbocycles. The SMILES string of the molecule is C=CCOc1ccccc1CNC(=NC)NCC(=O)Nc1cccc(CC)c1. The molecule has 2 rings (SSSR count). The molecule has 3 N–H and O–H groups in total. The fourth-order valence-corrected chi connectivity index (χ4v) is 2.58. The second-order valence-corrected chi connectivity index (χ2v) is 6.09. The molecular weight excluding hydrogens is 352 g/mol. The van der Waals surface area contributed by atoms with Gasteiger partial charge in [-0.05, 0) is 30.2 Å². The topological polar surface area (TPSA) is 74.8 Å². The van der Waals surface area contributed by atoms with E-state index in [-0.39, 0.29) is 12.5 Å². The zero-order valence-corrected chi connectivity index (χ0v) is 16.5. The van der Waals surface area contributed by atoms with Crippen LogP contribution in [0.3, 0.4) is 0 Å².